The third kappa shape index (κ3) is 36.7. The van der Waals surface area contributed by atoms with E-state index >= 15 is 0 Å². The van der Waals surface area contributed by atoms with Gasteiger partial charge in [-0.1, -0.05) is 359 Å². The molecule has 16 aliphatic rings. The molecule has 0 aliphatic heterocycles. The average Bonchev–Trinajstić information content (AvgIpc) is 1.69. The maximum absolute atomic E-state index is 7.87. The fraction of sp³-hybridized carbons (Fsp3) is 0.936. The summed E-state index contributed by atoms with van der Waals surface area (Å²) in [5, 5.41) is 0. The fourth-order valence-electron chi connectivity index (χ4n) is 20.1. The van der Waals surface area contributed by atoms with Crippen molar-refractivity contribution in [2.24, 2.45) is 129 Å². The second-order valence-electron chi connectivity index (χ2n) is 39.2. The van der Waals surface area contributed by atoms with Gasteiger partial charge in [-0.25, -0.2) is 0 Å². The van der Waals surface area contributed by atoms with Crippen molar-refractivity contribution in [2.45, 2.75) is 433 Å². The van der Waals surface area contributed by atoms with Crippen molar-refractivity contribution in [1.29, 1.82) is 0 Å². The zero-order valence-corrected chi connectivity index (χ0v) is 67.4. The molecule has 16 aliphatic carbocycles. The van der Waals surface area contributed by atoms with Crippen LogP contribution < -0.4 is 0 Å². The van der Waals surface area contributed by atoms with Crippen molar-refractivity contribution in [3.63, 3.8) is 0 Å². The number of hydrogen-bond acceptors (Lipinski definition) is 0. The molecule has 8 bridgehead atoms. The lowest BCUT2D eigenvalue weighted by Gasteiger charge is -2.55. The van der Waals surface area contributed by atoms with E-state index in [1.807, 2.05) is 32.0 Å². The van der Waals surface area contributed by atoms with Gasteiger partial charge in [0.05, 0.1) is 0 Å². The summed E-state index contributed by atoms with van der Waals surface area (Å²) in [6.45, 7) is 40.8. The van der Waals surface area contributed by atoms with Crippen LogP contribution in [0.1, 0.15) is 438 Å². The molecule has 550 valence electrons. The molecule has 0 heteroatoms. The van der Waals surface area contributed by atoms with Crippen molar-refractivity contribution in [3.05, 3.63) is 35.9 Å². The predicted octanol–water partition coefficient (Wildman–Crippen LogP) is 31.8. The van der Waals surface area contributed by atoms with Gasteiger partial charge in [0, 0.05) is 6.85 Å². The molecule has 0 saturated heterocycles. The Morgan fingerprint density at radius 1 is 0.287 bits per heavy atom. The van der Waals surface area contributed by atoms with Crippen LogP contribution >= 0.6 is 0 Å². The molecule has 0 spiro atoms. The summed E-state index contributed by atoms with van der Waals surface area (Å²) in [7, 11) is 0. The Hall–Kier alpha value is -0.780. The Kier molecular flexibility index (Phi) is 36.5. The molecule has 0 aromatic heterocycles. The molecule has 94 heavy (non-hydrogen) atoms. The Balaban J connectivity index is 0.000000195. The lowest BCUT2D eigenvalue weighted by molar-refractivity contribution is -0.0411. The van der Waals surface area contributed by atoms with Gasteiger partial charge in [0.1, 0.15) is 0 Å². The molecule has 0 radical (unpaired) electrons. The van der Waals surface area contributed by atoms with Crippen LogP contribution in [0.25, 0.3) is 0 Å². The summed E-state index contributed by atoms with van der Waals surface area (Å²) in [5.74, 6) is 14.1. The second-order valence-corrected chi connectivity index (χ2v) is 39.2. The van der Waals surface area contributed by atoms with Crippen molar-refractivity contribution < 1.29 is 6.85 Å². The standard InChI is InChI=1S/C11H18.2C9H18.2C8H14.2C8H16.2C7H14.C7H8.2C6H12/c1-11-5-8-2-9(6-11)4-10(3-8)7-11;2*1-8-4-6-9(2,3)7-5-8;2*1-6-4-7-2-3-8(6)5-7;2*1-7-3-5-8(2)6-4-7;3*1-7-5-3-2-4-6-7;2*1-6-4-2-3-5-6/h8-10H,2-7H2,1H3;2*8H,4-7H2,1-3H3;2*6-8H,2-5H2,1H3;2*7-8H,3-6H2,1-2H3;2*7H,2-6H2,1H3;2-6H,1H3;2*6H,2-5H2,1H3/i;8D;;6D;;7D;;7D;;;6D;. The molecule has 16 fully saturated rings. The molecular formula is C94H174. The maximum atomic E-state index is 7.87. The molecule has 0 nitrogen and oxygen atoms in total. The lowest BCUT2D eigenvalue weighted by Crippen LogP contribution is -2.44. The summed E-state index contributed by atoms with van der Waals surface area (Å²) < 4.78 is 38.5. The van der Waals surface area contributed by atoms with Gasteiger partial charge in [-0.2, -0.15) is 0 Å². The number of fused-ring (bicyclic) bond motifs is 4. The third-order valence-corrected chi connectivity index (χ3v) is 27.4. The molecular weight excluding hydrogens is 1130 g/mol. The Labute approximate surface area is 601 Å². The van der Waals surface area contributed by atoms with Gasteiger partial charge < -0.3 is 0 Å². The minimum absolute atomic E-state index is 0.0388. The molecule has 6 unspecified atom stereocenters. The van der Waals surface area contributed by atoms with Crippen LogP contribution in [-0.4, -0.2) is 0 Å². The van der Waals surface area contributed by atoms with E-state index in [1.54, 1.807) is 64.2 Å². The largest absolute Gasteiger partial charge is 0.0625 e. The van der Waals surface area contributed by atoms with Crippen LogP contribution in [0, 0.1) is 135 Å². The number of aryl methyl sites for hydroxylation is 1. The minimum Gasteiger partial charge on any atom is -0.0625 e. The van der Waals surface area contributed by atoms with Crippen LogP contribution in [0.4, 0.5) is 0 Å². The van der Waals surface area contributed by atoms with E-state index in [4.69, 9.17) is 6.85 Å². The van der Waals surface area contributed by atoms with Gasteiger partial charge in [0.25, 0.3) is 0 Å². The van der Waals surface area contributed by atoms with Crippen molar-refractivity contribution in [1.82, 2.24) is 0 Å². The highest BCUT2D eigenvalue weighted by Crippen LogP contribution is 2.60. The highest BCUT2D eigenvalue weighted by atomic mass is 14.5. The molecule has 0 heterocycles. The molecule has 1 aromatic carbocycles. The van der Waals surface area contributed by atoms with E-state index in [-0.39, 0.29) is 29.5 Å². The van der Waals surface area contributed by atoms with E-state index in [0.29, 0.717) is 10.8 Å². The fourth-order valence-corrected chi connectivity index (χ4v) is 20.1. The lowest BCUT2D eigenvalue weighted by atomic mass is 9.50. The van der Waals surface area contributed by atoms with Gasteiger partial charge in [-0.3, -0.25) is 0 Å². The smallest absolute Gasteiger partial charge is 0.0303 e. The van der Waals surface area contributed by atoms with Gasteiger partial charge in [0.15, 0.2) is 0 Å². The third-order valence-electron chi connectivity index (χ3n) is 27.4. The van der Waals surface area contributed by atoms with Gasteiger partial charge in [0.2, 0.25) is 0 Å². The Morgan fingerprint density at radius 3 is 0.830 bits per heavy atom. The van der Waals surface area contributed by atoms with Crippen molar-refractivity contribution in [2.75, 3.05) is 0 Å². The number of hydrogen-bond donors (Lipinski definition) is 0. The molecule has 16 saturated carbocycles. The average molecular weight is 1310 g/mol. The van der Waals surface area contributed by atoms with Crippen LogP contribution in [-0.2, 0) is 0 Å². The topological polar surface area (TPSA) is 0 Å². The van der Waals surface area contributed by atoms with E-state index < -0.39 is 0 Å². The van der Waals surface area contributed by atoms with E-state index in [2.05, 4.69) is 123 Å². The van der Waals surface area contributed by atoms with Gasteiger partial charge in [-0.05, 0) is 238 Å². The van der Waals surface area contributed by atoms with Crippen LogP contribution in [0.5, 0.6) is 0 Å². The quantitative estimate of drug-likeness (QED) is 0.243. The monoisotopic (exact) mass is 1310 g/mol. The summed E-state index contributed by atoms with van der Waals surface area (Å²) in [6.07, 6.45) is 66.3. The zero-order chi connectivity index (χ0) is 73.1. The molecule has 0 amide bonds. The molecule has 17 rings (SSSR count). The summed E-state index contributed by atoms with van der Waals surface area (Å²) in [4.78, 5) is 0. The SMILES string of the molecule is CC12CC3CC(CC(C3)C1)C2.CC1CC2CCC1C2.CC1CCC(C)(C)CC1.CC1CCC(C)CC1.CC1CCCC1.CC1CCCCC1.Cc1ccccc1.[2H]C1(C)CC2CCC1C2.[2H]C1(C)CCC(C)(C)CC1.[2H]C1(C)CCC(C)CC1.[2H]C1(C)CCCC1.[2H]C1(C)CCCCC1. The number of rotatable bonds is 0. The normalized spacial score (nSPS) is 39.3. The highest BCUT2D eigenvalue weighted by molar-refractivity contribution is 5.11. The van der Waals surface area contributed by atoms with E-state index in [1.165, 1.54) is 198 Å². The van der Waals surface area contributed by atoms with Gasteiger partial charge >= 0.3 is 0 Å². The molecule has 1 aromatic rings. The highest BCUT2D eigenvalue weighted by Gasteiger charge is 2.48. The summed E-state index contributed by atoms with van der Waals surface area (Å²) in [6, 6.07) is 10.3. The van der Waals surface area contributed by atoms with Crippen LogP contribution in [0.15, 0.2) is 30.3 Å². The Bertz CT molecular complexity index is 2100. The Morgan fingerprint density at radius 2 is 0.606 bits per heavy atom. The molecule has 6 atom stereocenters. The zero-order valence-electron chi connectivity index (χ0n) is 72.4. The first-order valence-corrected chi connectivity index (χ1v) is 42.8. The maximum Gasteiger partial charge on any atom is 0.0303 e. The first kappa shape index (κ1) is 75.9. The van der Waals surface area contributed by atoms with E-state index in [0.717, 1.165) is 140 Å². The van der Waals surface area contributed by atoms with Crippen LogP contribution in [0.2, 0.25) is 0 Å². The number of benzene rings is 1. The van der Waals surface area contributed by atoms with E-state index in [9.17, 15) is 0 Å². The van der Waals surface area contributed by atoms with Crippen molar-refractivity contribution >= 4 is 0 Å². The molecule has 0 N–H and O–H groups in total. The summed E-state index contributed by atoms with van der Waals surface area (Å²) >= 11 is 0. The first-order valence-electron chi connectivity index (χ1n) is 45.3. The minimum atomic E-state index is -0.116. The predicted molar refractivity (Wildman–Crippen MR) is 423 cm³/mol. The second kappa shape index (κ2) is 45.3. The van der Waals surface area contributed by atoms with Crippen LogP contribution in [0.3, 0.4) is 0 Å². The first-order chi connectivity index (χ1) is 46.3. The van der Waals surface area contributed by atoms with Crippen molar-refractivity contribution in [3.8, 4) is 0 Å². The summed E-state index contributed by atoms with van der Waals surface area (Å²) in [5.41, 5.74) is 3.30. The van der Waals surface area contributed by atoms with Gasteiger partial charge in [-0.15, -0.1) is 0 Å².